The number of fused-ring (bicyclic) bond motifs is 1. The lowest BCUT2D eigenvalue weighted by Gasteiger charge is -2.28. The summed E-state index contributed by atoms with van der Waals surface area (Å²) in [7, 11) is -3.95. The smallest absolute Gasteiger partial charge is 0.265 e. The fourth-order valence-electron chi connectivity index (χ4n) is 3.84. The Balaban J connectivity index is 1.91. The lowest BCUT2D eigenvalue weighted by molar-refractivity contribution is 0.0961. The minimum Gasteiger partial charge on any atom is -0.292 e. The Morgan fingerprint density at radius 1 is 0.931 bits per heavy atom. The molecule has 0 saturated carbocycles. The number of rotatable bonds is 5. The molecule has 1 heterocycles. The molecule has 2 atom stereocenters. The summed E-state index contributed by atoms with van der Waals surface area (Å²) >= 11 is 0. The number of nitrogens with zero attached hydrogens (tertiary/aromatic N) is 1. The average Bonchev–Trinajstić information content (AvgIpc) is 3.09. The molecule has 0 N–H and O–H groups in total. The quantitative estimate of drug-likeness (QED) is 0.457. The first-order chi connectivity index (χ1) is 13.9. The van der Waals surface area contributed by atoms with Crippen LogP contribution in [0.2, 0.25) is 0 Å². The van der Waals surface area contributed by atoms with E-state index in [0.29, 0.717) is 11.3 Å². The molecule has 3 aromatic rings. The topological polar surface area (TPSA) is 54.5 Å². The first kappa shape index (κ1) is 19.2. The van der Waals surface area contributed by atoms with Crippen LogP contribution in [0, 0.1) is 6.92 Å². The van der Waals surface area contributed by atoms with E-state index < -0.39 is 22.0 Å². The Kier molecular flexibility index (Phi) is 4.84. The first-order valence-electron chi connectivity index (χ1n) is 9.37. The number of Topliss-reactive ketones (excluding diaryl/α,β-unsaturated/α-hetero) is 1. The second kappa shape index (κ2) is 7.33. The fraction of sp³-hybridized carbons (Fsp3) is 0.125. The molecule has 3 aromatic carbocycles. The summed E-state index contributed by atoms with van der Waals surface area (Å²) in [5, 5.41) is 0. The summed E-state index contributed by atoms with van der Waals surface area (Å²) in [6.45, 7) is 5.79. The van der Waals surface area contributed by atoms with E-state index in [-0.39, 0.29) is 10.7 Å². The summed E-state index contributed by atoms with van der Waals surface area (Å²) in [5.41, 5.74) is 2.74. The number of carbonyl (C=O) groups excluding carboxylic acids is 1. The van der Waals surface area contributed by atoms with Gasteiger partial charge in [0.05, 0.1) is 10.6 Å². The van der Waals surface area contributed by atoms with Crippen molar-refractivity contribution < 1.29 is 13.2 Å². The van der Waals surface area contributed by atoms with Crippen molar-refractivity contribution in [3.63, 3.8) is 0 Å². The lowest BCUT2D eigenvalue weighted by atomic mass is 9.90. The number of benzene rings is 3. The van der Waals surface area contributed by atoms with Gasteiger partial charge in [0.15, 0.2) is 5.78 Å². The molecule has 0 bridgehead atoms. The predicted octanol–water partition coefficient (Wildman–Crippen LogP) is 4.73. The molecule has 0 saturated heterocycles. The Morgan fingerprint density at radius 3 is 2.21 bits per heavy atom. The largest absolute Gasteiger partial charge is 0.292 e. The highest BCUT2D eigenvalue weighted by Crippen LogP contribution is 2.45. The minimum absolute atomic E-state index is 0.161. The lowest BCUT2D eigenvalue weighted by Crippen LogP contribution is -2.44. The highest BCUT2D eigenvalue weighted by atomic mass is 32.2. The molecule has 0 unspecified atom stereocenters. The zero-order valence-electron chi connectivity index (χ0n) is 16.0. The van der Waals surface area contributed by atoms with Crippen LogP contribution in [0.4, 0.5) is 5.69 Å². The Morgan fingerprint density at radius 2 is 1.55 bits per heavy atom. The molecule has 1 aliphatic heterocycles. The van der Waals surface area contributed by atoms with Crippen molar-refractivity contribution in [3.05, 3.63) is 108 Å². The van der Waals surface area contributed by atoms with Gasteiger partial charge in [-0.15, -0.1) is 6.58 Å². The first-order valence-corrected chi connectivity index (χ1v) is 10.8. The van der Waals surface area contributed by atoms with Gasteiger partial charge in [0, 0.05) is 11.5 Å². The van der Waals surface area contributed by atoms with Crippen molar-refractivity contribution in [2.24, 2.45) is 0 Å². The van der Waals surface area contributed by atoms with Crippen molar-refractivity contribution in [1.82, 2.24) is 0 Å². The second-order valence-electron chi connectivity index (χ2n) is 7.11. The molecule has 0 amide bonds. The van der Waals surface area contributed by atoms with Gasteiger partial charge in [-0.05, 0) is 30.7 Å². The van der Waals surface area contributed by atoms with Crippen LogP contribution in [-0.4, -0.2) is 20.2 Å². The van der Waals surface area contributed by atoms with Crippen molar-refractivity contribution in [3.8, 4) is 0 Å². The standard InChI is InChI=1S/C24H21NO3S/c1-3-20-21-11-7-8-12-22(21)25(23(20)24(26)18-9-5-4-6-10-18)29(27,28)19-15-13-17(2)14-16-19/h3-16,20,23H,1H2,2H3/t20-,23-/m1/s1. The molecule has 4 nitrogen and oxygen atoms in total. The molecule has 5 heteroatoms. The van der Waals surface area contributed by atoms with Crippen LogP contribution in [-0.2, 0) is 10.0 Å². The molecular formula is C24H21NO3S. The van der Waals surface area contributed by atoms with Gasteiger partial charge in [0.1, 0.15) is 6.04 Å². The number of carbonyl (C=O) groups is 1. The molecular weight excluding hydrogens is 382 g/mol. The molecule has 0 radical (unpaired) electrons. The maximum Gasteiger partial charge on any atom is 0.265 e. The molecule has 1 aliphatic rings. The van der Waals surface area contributed by atoms with Crippen LogP contribution in [0.25, 0.3) is 0 Å². The van der Waals surface area contributed by atoms with E-state index in [1.807, 2.05) is 25.1 Å². The number of para-hydroxylation sites is 1. The second-order valence-corrected chi connectivity index (χ2v) is 8.92. The van der Waals surface area contributed by atoms with E-state index in [4.69, 9.17) is 0 Å². The van der Waals surface area contributed by atoms with E-state index in [2.05, 4.69) is 6.58 Å². The fourth-order valence-corrected chi connectivity index (χ4v) is 5.50. The highest BCUT2D eigenvalue weighted by Gasteiger charge is 2.47. The van der Waals surface area contributed by atoms with E-state index in [1.54, 1.807) is 66.7 Å². The van der Waals surface area contributed by atoms with E-state index in [0.717, 1.165) is 11.1 Å². The van der Waals surface area contributed by atoms with Gasteiger partial charge < -0.3 is 0 Å². The Bertz CT molecular complexity index is 1170. The van der Waals surface area contributed by atoms with Crippen LogP contribution in [0.15, 0.2) is 96.4 Å². The maximum absolute atomic E-state index is 13.7. The van der Waals surface area contributed by atoms with Gasteiger partial charge in [-0.1, -0.05) is 72.3 Å². The third kappa shape index (κ3) is 3.17. The zero-order chi connectivity index (χ0) is 20.6. The number of hydrogen-bond donors (Lipinski definition) is 0. The van der Waals surface area contributed by atoms with Gasteiger partial charge in [-0.2, -0.15) is 0 Å². The van der Waals surface area contributed by atoms with Crippen LogP contribution in [0.3, 0.4) is 0 Å². The van der Waals surface area contributed by atoms with Gasteiger partial charge in [-0.25, -0.2) is 8.42 Å². The van der Waals surface area contributed by atoms with Crippen LogP contribution in [0.1, 0.15) is 27.4 Å². The molecule has 0 spiro atoms. The number of anilines is 1. The minimum atomic E-state index is -3.95. The van der Waals surface area contributed by atoms with Crippen LogP contribution in [0.5, 0.6) is 0 Å². The zero-order valence-corrected chi connectivity index (χ0v) is 16.8. The monoisotopic (exact) mass is 403 g/mol. The normalized spacial score (nSPS) is 18.3. The molecule has 0 aromatic heterocycles. The van der Waals surface area contributed by atoms with Gasteiger partial charge in [0.2, 0.25) is 0 Å². The Labute approximate surface area is 171 Å². The van der Waals surface area contributed by atoms with Gasteiger partial charge in [-0.3, -0.25) is 9.10 Å². The molecule has 29 heavy (non-hydrogen) atoms. The summed E-state index contributed by atoms with van der Waals surface area (Å²) in [6.07, 6.45) is 1.66. The number of hydrogen-bond acceptors (Lipinski definition) is 3. The molecule has 4 rings (SSSR count). The van der Waals surface area contributed by atoms with Crippen molar-refractivity contribution in [2.75, 3.05) is 4.31 Å². The third-order valence-corrected chi connectivity index (χ3v) is 7.09. The third-order valence-electron chi connectivity index (χ3n) is 5.28. The van der Waals surface area contributed by atoms with Crippen molar-refractivity contribution in [2.45, 2.75) is 23.8 Å². The maximum atomic E-state index is 13.7. The summed E-state index contributed by atoms with van der Waals surface area (Å²) in [5.74, 6) is -0.679. The highest BCUT2D eigenvalue weighted by molar-refractivity contribution is 7.93. The van der Waals surface area contributed by atoms with E-state index in [9.17, 15) is 13.2 Å². The average molecular weight is 404 g/mol. The summed E-state index contributed by atoms with van der Waals surface area (Å²) < 4.78 is 28.6. The summed E-state index contributed by atoms with van der Waals surface area (Å²) in [6, 6.07) is 21.8. The van der Waals surface area contributed by atoms with E-state index >= 15 is 0 Å². The predicted molar refractivity (Wildman–Crippen MR) is 115 cm³/mol. The van der Waals surface area contributed by atoms with E-state index in [1.165, 1.54) is 4.31 Å². The van der Waals surface area contributed by atoms with Crippen LogP contribution < -0.4 is 4.31 Å². The number of ketones is 1. The number of sulfonamides is 1. The number of aryl methyl sites for hydroxylation is 1. The summed E-state index contributed by atoms with van der Waals surface area (Å²) in [4.78, 5) is 13.6. The molecule has 0 fully saturated rings. The van der Waals surface area contributed by atoms with Crippen molar-refractivity contribution >= 4 is 21.5 Å². The molecule has 0 aliphatic carbocycles. The van der Waals surface area contributed by atoms with Crippen molar-refractivity contribution in [1.29, 1.82) is 0 Å². The Hall–Kier alpha value is -3.18. The molecule has 146 valence electrons. The van der Waals surface area contributed by atoms with Gasteiger partial charge in [0.25, 0.3) is 10.0 Å². The van der Waals surface area contributed by atoms with Gasteiger partial charge >= 0.3 is 0 Å². The van der Waals surface area contributed by atoms with Crippen LogP contribution >= 0.6 is 0 Å². The SMILES string of the molecule is C=C[C@@H]1c2ccccc2N(S(=O)(=O)c2ccc(C)cc2)[C@H]1C(=O)c1ccccc1.